The average Bonchev–Trinajstić information content (AvgIpc) is 2.90. The van der Waals surface area contributed by atoms with Crippen LogP contribution in [-0.4, -0.2) is 19.9 Å². The summed E-state index contributed by atoms with van der Waals surface area (Å²) in [4.78, 5) is 3.98. The number of aromatic nitrogens is 3. The standard InChI is InChI=1S/C17H11Cl2F3N4O/c1-7(2)9-5-13(27)24-16-14(9)12(6-23)25-26(16)15-10(18)3-8(4-11(15)19)17(20,21)22/h3-5,7H,1-2H3,(H,24,27). The van der Waals surface area contributed by atoms with Gasteiger partial charge < -0.3 is 5.11 Å². The topological polar surface area (TPSA) is 74.7 Å². The number of hydrogen-bond acceptors (Lipinski definition) is 4. The number of fused-ring (bicyclic) bond motifs is 1. The summed E-state index contributed by atoms with van der Waals surface area (Å²) in [5.74, 6) is -0.402. The lowest BCUT2D eigenvalue weighted by molar-refractivity contribution is -0.137. The van der Waals surface area contributed by atoms with Gasteiger partial charge in [-0.05, 0) is 23.6 Å². The lowest BCUT2D eigenvalue weighted by Crippen LogP contribution is -2.07. The van der Waals surface area contributed by atoms with Gasteiger partial charge in [0, 0.05) is 6.07 Å². The van der Waals surface area contributed by atoms with E-state index in [1.54, 1.807) is 0 Å². The summed E-state index contributed by atoms with van der Waals surface area (Å²) in [7, 11) is 0. The highest BCUT2D eigenvalue weighted by atomic mass is 35.5. The highest BCUT2D eigenvalue weighted by molar-refractivity contribution is 6.38. The number of benzene rings is 1. The van der Waals surface area contributed by atoms with Gasteiger partial charge in [-0.2, -0.15) is 28.5 Å². The van der Waals surface area contributed by atoms with Gasteiger partial charge in [0.1, 0.15) is 11.8 Å². The van der Waals surface area contributed by atoms with Crippen molar-refractivity contribution in [3.63, 3.8) is 0 Å². The molecule has 0 spiro atoms. The fraction of sp³-hybridized carbons (Fsp3) is 0.235. The number of pyridine rings is 1. The van der Waals surface area contributed by atoms with Gasteiger partial charge in [-0.25, -0.2) is 4.68 Å². The molecule has 5 nitrogen and oxygen atoms in total. The molecule has 0 unspecified atom stereocenters. The molecule has 0 saturated carbocycles. The number of aromatic hydroxyl groups is 1. The SMILES string of the molecule is CC(C)c1cc(O)nc2c1c(C#N)nn2-c1c(Cl)cc(C(F)(F)F)cc1Cl. The number of rotatable bonds is 2. The number of halogens is 5. The normalized spacial score (nSPS) is 12.0. The van der Waals surface area contributed by atoms with Crippen molar-refractivity contribution in [2.75, 3.05) is 0 Å². The fourth-order valence-corrected chi connectivity index (χ4v) is 3.40. The first kappa shape index (κ1) is 19.3. The maximum atomic E-state index is 13.0. The summed E-state index contributed by atoms with van der Waals surface area (Å²) in [6.07, 6.45) is -4.63. The van der Waals surface area contributed by atoms with Gasteiger partial charge in [0.25, 0.3) is 0 Å². The first-order valence-electron chi connectivity index (χ1n) is 7.64. The average molecular weight is 415 g/mol. The van der Waals surface area contributed by atoms with Crippen molar-refractivity contribution < 1.29 is 18.3 Å². The van der Waals surface area contributed by atoms with Crippen molar-refractivity contribution in [1.82, 2.24) is 14.8 Å². The van der Waals surface area contributed by atoms with Gasteiger partial charge in [0.15, 0.2) is 11.3 Å². The highest BCUT2D eigenvalue weighted by Crippen LogP contribution is 2.39. The number of nitriles is 1. The second-order valence-corrected chi connectivity index (χ2v) is 6.90. The third kappa shape index (κ3) is 3.29. The van der Waals surface area contributed by atoms with Crippen LogP contribution in [-0.2, 0) is 6.18 Å². The molecule has 10 heteroatoms. The summed E-state index contributed by atoms with van der Waals surface area (Å²) in [6, 6.07) is 4.78. The number of hydrogen-bond donors (Lipinski definition) is 1. The molecule has 0 fully saturated rings. The predicted octanol–water partition coefficient (Wildman–Crippen LogP) is 5.45. The van der Waals surface area contributed by atoms with E-state index in [1.165, 1.54) is 6.07 Å². The Morgan fingerprint density at radius 3 is 2.26 bits per heavy atom. The molecule has 0 saturated heterocycles. The van der Waals surface area contributed by atoms with Crippen molar-refractivity contribution in [1.29, 1.82) is 5.26 Å². The molecule has 0 radical (unpaired) electrons. The van der Waals surface area contributed by atoms with Crippen LogP contribution in [0, 0.1) is 11.3 Å². The molecule has 3 rings (SSSR count). The van der Waals surface area contributed by atoms with E-state index in [4.69, 9.17) is 23.2 Å². The van der Waals surface area contributed by atoms with Gasteiger partial charge in [0.05, 0.1) is 21.0 Å². The molecular formula is C17H11Cl2F3N4O. The monoisotopic (exact) mass is 414 g/mol. The van der Waals surface area contributed by atoms with Crippen LogP contribution >= 0.6 is 23.2 Å². The van der Waals surface area contributed by atoms with Gasteiger partial charge in [0.2, 0.25) is 5.88 Å². The Bertz CT molecular complexity index is 1080. The minimum absolute atomic E-state index is 0.00627. The first-order chi connectivity index (χ1) is 12.5. The summed E-state index contributed by atoms with van der Waals surface area (Å²) in [5.41, 5.74) is -0.408. The zero-order valence-electron chi connectivity index (χ0n) is 13.9. The summed E-state index contributed by atoms with van der Waals surface area (Å²) >= 11 is 12.1. The van der Waals surface area contributed by atoms with Crippen LogP contribution in [0.2, 0.25) is 10.0 Å². The second-order valence-electron chi connectivity index (χ2n) is 6.08. The Labute approximate surface area is 161 Å². The fourth-order valence-electron chi connectivity index (χ4n) is 2.75. The highest BCUT2D eigenvalue weighted by Gasteiger charge is 2.33. The van der Waals surface area contributed by atoms with Gasteiger partial charge >= 0.3 is 6.18 Å². The van der Waals surface area contributed by atoms with Crippen LogP contribution in [0.4, 0.5) is 13.2 Å². The lowest BCUT2D eigenvalue weighted by Gasteiger charge is -2.13. The third-order valence-corrected chi connectivity index (χ3v) is 4.51. The van der Waals surface area contributed by atoms with Gasteiger partial charge in [-0.3, -0.25) is 0 Å². The first-order valence-corrected chi connectivity index (χ1v) is 8.39. The molecule has 140 valence electrons. The summed E-state index contributed by atoms with van der Waals surface area (Å²) in [6.45, 7) is 3.70. The quantitative estimate of drug-likeness (QED) is 0.604. The van der Waals surface area contributed by atoms with Crippen molar-refractivity contribution in [3.8, 4) is 17.6 Å². The van der Waals surface area contributed by atoms with Crippen molar-refractivity contribution in [3.05, 3.63) is 45.1 Å². The molecule has 1 N–H and O–H groups in total. The molecule has 0 aliphatic carbocycles. The third-order valence-electron chi connectivity index (χ3n) is 3.94. The molecular weight excluding hydrogens is 404 g/mol. The van der Waals surface area contributed by atoms with E-state index in [0.717, 1.165) is 4.68 Å². The van der Waals surface area contributed by atoms with E-state index in [9.17, 15) is 23.5 Å². The molecule has 0 aliphatic heterocycles. The van der Waals surface area contributed by atoms with Gasteiger partial charge in [-0.15, -0.1) is 0 Å². The van der Waals surface area contributed by atoms with Crippen molar-refractivity contribution in [2.45, 2.75) is 25.9 Å². The molecule has 0 bridgehead atoms. The van der Waals surface area contributed by atoms with Crippen molar-refractivity contribution >= 4 is 34.2 Å². The molecule has 2 aromatic heterocycles. The Morgan fingerprint density at radius 1 is 1.19 bits per heavy atom. The van der Waals surface area contributed by atoms with Crippen LogP contribution in [0.15, 0.2) is 18.2 Å². The van der Waals surface area contributed by atoms with Crippen LogP contribution in [0.1, 0.15) is 36.6 Å². The Kier molecular flexibility index (Phi) is 4.70. The van der Waals surface area contributed by atoms with E-state index < -0.39 is 11.7 Å². The summed E-state index contributed by atoms with van der Waals surface area (Å²) in [5, 5.41) is 23.2. The van der Waals surface area contributed by atoms with E-state index in [-0.39, 0.29) is 38.9 Å². The maximum Gasteiger partial charge on any atom is 0.416 e. The predicted molar refractivity (Wildman–Crippen MR) is 94.4 cm³/mol. The van der Waals surface area contributed by atoms with Crippen molar-refractivity contribution in [2.24, 2.45) is 0 Å². The minimum atomic E-state index is -4.63. The van der Waals surface area contributed by atoms with E-state index in [1.807, 2.05) is 19.9 Å². The largest absolute Gasteiger partial charge is 0.493 e. The maximum absolute atomic E-state index is 13.0. The molecule has 0 atom stereocenters. The van der Waals surface area contributed by atoms with Crippen LogP contribution < -0.4 is 0 Å². The van der Waals surface area contributed by atoms with E-state index in [2.05, 4.69) is 10.1 Å². The molecule has 27 heavy (non-hydrogen) atoms. The zero-order chi connectivity index (χ0) is 20.1. The molecule has 0 amide bonds. The van der Waals surface area contributed by atoms with E-state index in [0.29, 0.717) is 23.1 Å². The van der Waals surface area contributed by atoms with Crippen LogP contribution in [0.25, 0.3) is 16.7 Å². The Balaban J connectivity index is 2.39. The van der Waals surface area contributed by atoms with E-state index >= 15 is 0 Å². The minimum Gasteiger partial charge on any atom is -0.493 e. The Morgan fingerprint density at radius 2 is 1.78 bits per heavy atom. The smallest absolute Gasteiger partial charge is 0.416 e. The molecule has 2 heterocycles. The lowest BCUT2D eigenvalue weighted by atomic mass is 10.00. The molecule has 0 aliphatic rings. The van der Waals surface area contributed by atoms with Crippen LogP contribution in [0.3, 0.4) is 0 Å². The number of alkyl halides is 3. The molecule has 3 aromatic rings. The van der Waals surface area contributed by atoms with Crippen LogP contribution in [0.5, 0.6) is 5.88 Å². The number of nitrogens with zero attached hydrogens (tertiary/aromatic N) is 4. The molecule has 1 aromatic carbocycles. The summed E-state index contributed by atoms with van der Waals surface area (Å²) < 4.78 is 40.0. The van der Waals surface area contributed by atoms with Gasteiger partial charge in [-0.1, -0.05) is 37.0 Å². The Hall–Kier alpha value is -2.50. The zero-order valence-corrected chi connectivity index (χ0v) is 15.4. The second kappa shape index (κ2) is 6.59.